The molecule has 0 saturated heterocycles. The third-order valence-electron chi connectivity index (χ3n) is 7.95. The van der Waals surface area contributed by atoms with E-state index >= 15 is 0 Å². The number of aliphatic carboxylic acids is 1. The van der Waals surface area contributed by atoms with Crippen molar-refractivity contribution in [2.45, 2.75) is 77.8 Å². The minimum Gasteiger partial charge on any atom is -0.494 e. The highest BCUT2D eigenvalue weighted by Crippen LogP contribution is 2.24. The summed E-state index contributed by atoms with van der Waals surface area (Å²) in [5.74, 6) is -0.205. The Morgan fingerprint density at radius 3 is 1.90 bits per heavy atom. The van der Waals surface area contributed by atoms with Crippen LogP contribution in [0, 0.1) is 0 Å². The second kappa shape index (κ2) is 18.9. The number of ether oxygens (including phenoxy) is 2. The number of carbonyl (C=O) groups excluding carboxylic acids is 2. The first-order valence-electron chi connectivity index (χ1n) is 17.0. The van der Waals surface area contributed by atoms with Gasteiger partial charge in [-0.3, -0.25) is 14.4 Å². The highest BCUT2D eigenvalue weighted by molar-refractivity contribution is 5.98. The van der Waals surface area contributed by atoms with E-state index in [-0.39, 0.29) is 6.42 Å². The van der Waals surface area contributed by atoms with Crippen molar-refractivity contribution in [3.63, 3.8) is 0 Å². The molecule has 0 bridgehead atoms. The number of unbranched alkanes of at least 4 members (excludes halogenated alkanes) is 4. The van der Waals surface area contributed by atoms with Crippen molar-refractivity contribution in [2.24, 2.45) is 0 Å². The zero-order valence-corrected chi connectivity index (χ0v) is 28.5. The van der Waals surface area contributed by atoms with Gasteiger partial charge < -0.3 is 25.2 Å². The average Bonchev–Trinajstić information content (AvgIpc) is 3.12. The minimum atomic E-state index is -1.18. The maximum Gasteiger partial charge on any atom is 0.325 e. The maximum atomic E-state index is 13.1. The van der Waals surface area contributed by atoms with Crippen LogP contribution in [-0.2, 0) is 16.0 Å². The normalized spacial score (nSPS) is 12.1. The summed E-state index contributed by atoms with van der Waals surface area (Å²) in [5.41, 5.74) is 3.76. The van der Waals surface area contributed by atoms with Crippen LogP contribution in [0.2, 0.25) is 0 Å². The number of carboxylic acids is 1. The van der Waals surface area contributed by atoms with E-state index in [0.29, 0.717) is 23.7 Å². The smallest absolute Gasteiger partial charge is 0.325 e. The Bertz CT molecular complexity index is 1620. The Labute approximate surface area is 288 Å². The van der Waals surface area contributed by atoms with Gasteiger partial charge >= 0.3 is 5.97 Å². The Morgan fingerprint density at radius 2 is 1.29 bits per heavy atom. The second-order valence-corrected chi connectivity index (χ2v) is 12.0. The van der Waals surface area contributed by atoms with E-state index in [1.165, 1.54) is 32.6 Å². The SMILES string of the molecule is CCCCCCCOc1ccc(-c2cnc(-c3ccc(C[C@H](NC(=O)c4ccc(OCCC)cc4)C(=O)N[C@H](C)C(=O)O)cc3)nc2)cc1. The molecule has 0 spiro atoms. The molecule has 0 aliphatic carbocycles. The van der Waals surface area contributed by atoms with Crippen LogP contribution in [-0.4, -0.2) is 58.2 Å². The van der Waals surface area contributed by atoms with E-state index in [1.54, 1.807) is 36.7 Å². The summed E-state index contributed by atoms with van der Waals surface area (Å²) >= 11 is 0. The molecule has 4 rings (SSSR count). The third-order valence-corrected chi connectivity index (χ3v) is 7.95. The molecule has 3 aromatic carbocycles. The van der Waals surface area contributed by atoms with E-state index in [4.69, 9.17) is 9.47 Å². The minimum absolute atomic E-state index is 0.139. The van der Waals surface area contributed by atoms with E-state index in [2.05, 4.69) is 27.5 Å². The predicted molar refractivity (Wildman–Crippen MR) is 190 cm³/mol. The zero-order valence-electron chi connectivity index (χ0n) is 28.5. The van der Waals surface area contributed by atoms with Gasteiger partial charge in [-0.05, 0) is 67.3 Å². The number of nitrogens with one attached hydrogen (secondary N) is 2. The molecular formula is C39H46N4O6. The fourth-order valence-corrected chi connectivity index (χ4v) is 5.04. The number of rotatable bonds is 19. The van der Waals surface area contributed by atoms with Crippen LogP contribution in [0.1, 0.15) is 75.2 Å². The van der Waals surface area contributed by atoms with Crippen molar-refractivity contribution < 1.29 is 29.0 Å². The van der Waals surface area contributed by atoms with Gasteiger partial charge in [0.05, 0.1) is 13.2 Å². The molecule has 1 heterocycles. The Hall–Kier alpha value is -5.25. The first-order valence-corrected chi connectivity index (χ1v) is 17.0. The van der Waals surface area contributed by atoms with Crippen molar-refractivity contribution >= 4 is 17.8 Å². The molecule has 2 amide bonds. The van der Waals surface area contributed by atoms with E-state index in [0.717, 1.165) is 47.5 Å². The molecule has 10 nitrogen and oxygen atoms in total. The van der Waals surface area contributed by atoms with E-state index in [1.807, 2.05) is 55.5 Å². The largest absolute Gasteiger partial charge is 0.494 e. The van der Waals surface area contributed by atoms with Gasteiger partial charge in [0.2, 0.25) is 5.91 Å². The van der Waals surface area contributed by atoms with Gasteiger partial charge in [-0.15, -0.1) is 0 Å². The Balaban J connectivity index is 1.38. The number of amides is 2. The van der Waals surface area contributed by atoms with Gasteiger partial charge in [0.1, 0.15) is 23.6 Å². The fraction of sp³-hybridized carbons (Fsp3) is 0.359. The average molecular weight is 667 g/mol. The quantitative estimate of drug-likeness (QED) is 0.0921. The summed E-state index contributed by atoms with van der Waals surface area (Å²) in [6, 6.07) is 19.8. The van der Waals surface area contributed by atoms with Crippen LogP contribution in [0.15, 0.2) is 85.2 Å². The van der Waals surface area contributed by atoms with Crippen molar-refractivity contribution in [1.82, 2.24) is 20.6 Å². The van der Waals surface area contributed by atoms with Gasteiger partial charge in [0.25, 0.3) is 5.91 Å². The first-order chi connectivity index (χ1) is 23.8. The Morgan fingerprint density at radius 1 is 0.694 bits per heavy atom. The number of carbonyl (C=O) groups is 3. The molecule has 0 unspecified atom stereocenters. The molecular weight excluding hydrogens is 620 g/mol. The number of nitrogens with zero attached hydrogens (tertiary/aromatic N) is 2. The molecule has 0 fully saturated rings. The number of hydrogen-bond donors (Lipinski definition) is 3. The van der Waals surface area contributed by atoms with Crippen LogP contribution >= 0.6 is 0 Å². The second-order valence-electron chi connectivity index (χ2n) is 12.0. The lowest BCUT2D eigenvalue weighted by molar-refractivity contribution is -0.141. The Kier molecular flexibility index (Phi) is 14.1. The van der Waals surface area contributed by atoms with Gasteiger partial charge in [-0.1, -0.05) is 75.9 Å². The van der Waals surface area contributed by atoms with E-state index < -0.39 is 29.9 Å². The standard InChI is InChI=1S/C39H46N4O6/c1-4-6-7-8-9-23-49-34-18-14-29(15-19-34)32-25-40-36(41-26-32)30-12-10-28(11-13-30)24-35(38(45)42-27(3)39(46)47)43-37(44)31-16-20-33(21-17-31)48-22-5-2/h10-21,25-27,35H,4-9,22-24H2,1-3H3,(H,42,45)(H,43,44)(H,46,47)/t27-,35+/m1/s1. The molecule has 2 atom stereocenters. The number of carboxylic acid groups (broad SMARTS) is 1. The monoisotopic (exact) mass is 666 g/mol. The lowest BCUT2D eigenvalue weighted by Gasteiger charge is -2.20. The molecule has 4 aromatic rings. The van der Waals surface area contributed by atoms with Crippen LogP contribution in [0.3, 0.4) is 0 Å². The zero-order chi connectivity index (χ0) is 35.0. The predicted octanol–water partition coefficient (Wildman–Crippen LogP) is 6.88. The highest BCUT2D eigenvalue weighted by atomic mass is 16.5. The summed E-state index contributed by atoms with van der Waals surface area (Å²) < 4.78 is 11.5. The molecule has 0 saturated carbocycles. The van der Waals surface area contributed by atoms with Crippen molar-refractivity contribution in [3.8, 4) is 34.0 Å². The van der Waals surface area contributed by atoms with Crippen LogP contribution < -0.4 is 20.1 Å². The van der Waals surface area contributed by atoms with Gasteiger partial charge in [0.15, 0.2) is 5.82 Å². The molecule has 49 heavy (non-hydrogen) atoms. The molecule has 258 valence electrons. The van der Waals surface area contributed by atoms with Gasteiger partial charge in [-0.25, -0.2) is 9.97 Å². The summed E-state index contributed by atoms with van der Waals surface area (Å²) in [4.78, 5) is 46.7. The highest BCUT2D eigenvalue weighted by Gasteiger charge is 2.25. The molecule has 0 aliphatic heterocycles. The third kappa shape index (κ3) is 11.4. The van der Waals surface area contributed by atoms with Crippen LogP contribution in [0.5, 0.6) is 11.5 Å². The molecule has 1 aromatic heterocycles. The van der Waals surface area contributed by atoms with Gasteiger partial charge in [0, 0.05) is 35.5 Å². The maximum absolute atomic E-state index is 13.1. The van der Waals surface area contributed by atoms with Crippen molar-refractivity contribution in [2.75, 3.05) is 13.2 Å². The molecule has 0 aliphatic rings. The summed E-state index contributed by atoms with van der Waals surface area (Å²) in [5, 5.41) is 14.5. The fourth-order valence-electron chi connectivity index (χ4n) is 5.04. The lowest BCUT2D eigenvalue weighted by atomic mass is 10.0. The lowest BCUT2D eigenvalue weighted by Crippen LogP contribution is -2.51. The van der Waals surface area contributed by atoms with Gasteiger partial charge in [-0.2, -0.15) is 0 Å². The summed E-state index contributed by atoms with van der Waals surface area (Å²) in [6.07, 6.45) is 10.6. The number of hydrogen-bond acceptors (Lipinski definition) is 7. The molecule has 0 radical (unpaired) electrons. The molecule has 3 N–H and O–H groups in total. The number of benzene rings is 3. The van der Waals surface area contributed by atoms with Crippen LogP contribution in [0.25, 0.3) is 22.5 Å². The number of aromatic nitrogens is 2. The van der Waals surface area contributed by atoms with E-state index in [9.17, 15) is 19.5 Å². The van der Waals surface area contributed by atoms with Crippen LogP contribution in [0.4, 0.5) is 0 Å². The summed E-state index contributed by atoms with van der Waals surface area (Å²) in [6.45, 7) is 6.87. The molecule has 10 heteroatoms. The van der Waals surface area contributed by atoms with Crippen molar-refractivity contribution in [1.29, 1.82) is 0 Å². The summed E-state index contributed by atoms with van der Waals surface area (Å²) in [7, 11) is 0. The topological polar surface area (TPSA) is 140 Å². The van der Waals surface area contributed by atoms with Crippen molar-refractivity contribution in [3.05, 3.63) is 96.3 Å². The first kappa shape index (κ1) is 36.6.